The van der Waals surface area contributed by atoms with Gasteiger partial charge in [0.05, 0.1) is 0 Å². The smallest absolute Gasteiger partial charge is 0.0320 e. The van der Waals surface area contributed by atoms with Crippen LogP contribution in [0.2, 0.25) is 0 Å². The molecule has 1 rings (SSSR count). The zero-order chi connectivity index (χ0) is 9.90. The molecule has 1 aliphatic rings. The summed E-state index contributed by atoms with van der Waals surface area (Å²) < 4.78 is 0. The molecule has 0 bridgehead atoms. The minimum absolute atomic E-state index is 0.750. The van der Waals surface area contributed by atoms with Crippen molar-refractivity contribution >= 4 is 0 Å². The van der Waals surface area contributed by atoms with Crippen LogP contribution in [0.4, 0.5) is 0 Å². The van der Waals surface area contributed by atoms with E-state index in [1.807, 2.05) is 0 Å². The predicted molar refractivity (Wildman–Crippen MR) is 59.9 cm³/mol. The lowest BCUT2D eigenvalue weighted by atomic mass is 9.97. The van der Waals surface area contributed by atoms with Crippen molar-refractivity contribution in [2.45, 2.75) is 66.2 Å². The van der Waals surface area contributed by atoms with Gasteiger partial charge in [0.1, 0.15) is 0 Å². The van der Waals surface area contributed by atoms with Gasteiger partial charge >= 0.3 is 0 Å². The number of hydrogen-bond donors (Lipinski definition) is 0. The average molecular weight is 180 g/mol. The highest BCUT2D eigenvalue weighted by atomic mass is 14.4. The first-order valence-electron chi connectivity index (χ1n) is 5.72. The molecule has 1 saturated carbocycles. The molecule has 0 unspecified atom stereocenters. The topological polar surface area (TPSA) is 0 Å². The maximum atomic E-state index is 2.43. The third kappa shape index (κ3) is 3.54. The van der Waals surface area contributed by atoms with Crippen molar-refractivity contribution in [3.8, 4) is 0 Å². The molecule has 0 radical (unpaired) electrons. The van der Waals surface area contributed by atoms with Gasteiger partial charge in [0, 0.05) is 0 Å². The van der Waals surface area contributed by atoms with Gasteiger partial charge in [0.15, 0.2) is 0 Å². The second kappa shape index (κ2) is 4.30. The van der Waals surface area contributed by atoms with E-state index in [1.54, 1.807) is 11.1 Å². The van der Waals surface area contributed by atoms with E-state index in [9.17, 15) is 0 Å². The van der Waals surface area contributed by atoms with Crippen molar-refractivity contribution in [2.75, 3.05) is 0 Å². The van der Waals surface area contributed by atoms with E-state index in [2.05, 4.69) is 27.7 Å². The highest BCUT2D eigenvalue weighted by molar-refractivity contribution is 5.08. The molecular formula is C13H24. The Labute approximate surface area is 83.4 Å². The van der Waals surface area contributed by atoms with Crippen LogP contribution in [0.25, 0.3) is 0 Å². The minimum atomic E-state index is 0.750. The van der Waals surface area contributed by atoms with Crippen LogP contribution in [0.1, 0.15) is 66.2 Å². The summed E-state index contributed by atoms with van der Waals surface area (Å²) in [6.45, 7) is 9.25. The molecule has 0 aromatic carbocycles. The Balaban J connectivity index is 2.18. The number of hydrogen-bond acceptors (Lipinski definition) is 0. The van der Waals surface area contributed by atoms with Crippen molar-refractivity contribution in [2.24, 2.45) is 5.41 Å². The molecular weight excluding hydrogens is 156 g/mol. The molecule has 0 atom stereocenters. The third-order valence-electron chi connectivity index (χ3n) is 3.69. The summed E-state index contributed by atoms with van der Waals surface area (Å²) in [6.07, 6.45) is 8.35. The molecule has 0 saturated heterocycles. The molecule has 0 amide bonds. The van der Waals surface area contributed by atoms with Gasteiger partial charge in [0.25, 0.3) is 0 Å². The summed E-state index contributed by atoms with van der Waals surface area (Å²) in [5.74, 6) is 0. The summed E-state index contributed by atoms with van der Waals surface area (Å²) in [4.78, 5) is 0. The maximum absolute atomic E-state index is 2.43. The van der Waals surface area contributed by atoms with Gasteiger partial charge in [-0.25, -0.2) is 0 Å². The molecule has 0 heterocycles. The monoisotopic (exact) mass is 180 g/mol. The Bertz CT molecular complexity index is 194. The van der Waals surface area contributed by atoms with Gasteiger partial charge in [-0.05, 0) is 57.8 Å². The molecule has 13 heavy (non-hydrogen) atoms. The van der Waals surface area contributed by atoms with Crippen LogP contribution in [0, 0.1) is 5.41 Å². The quantitative estimate of drug-likeness (QED) is 0.538. The van der Waals surface area contributed by atoms with Crippen LogP contribution < -0.4 is 0 Å². The van der Waals surface area contributed by atoms with Gasteiger partial charge in [-0.15, -0.1) is 0 Å². The van der Waals surface area contributed by atoms with E-state index < -0.39 is 0 Å². The fraction of sp³-hybridized carbons (Fsp3) is 0.846. The predicted octanol–water partition coefficient (Wildman–Crippen LogP) is 4.70. The molecule has 76 valence electrons. The maximum Gasteiger partial charge on any atom is -0.0320 e. The lowest BCUT2D eigenvalue weighted by Crippen LogP contribution is -1.93. The van der Waals surface area contributed by atoms with Crippen LogP contribution in [0.15, 0.2) is 11.1 Å². The third-order valence-corrected chi connectivity index (χ3v) is 3.69. The van der Waals surface area contributed by atoms with E-state index in [1.165, 1.54) is 38.5 Å². The Hall–Kier alpha value is -0.260. The first kappa shape index (κ1) is 10.8. The molecule has 0 aliphatic heterocycles. The van der Waals surface area contributed by atoms with Crippen LogP contribution in [0.3, 0.4) is 0 Å². The molecule has 0 heteroatoms. The minimum Gasteiger partial charge on any atom is -0.0747 e. The first-order chi connectivity index (χ1) is 6.07. The summed E-state index contributed by atoms with van der Waals surface area (Å²) in [5.41, 5.74) is 3.98. The zero-order valence-corrected chi connectivity index (χ0v) is 9.74. The normalized spacial score (nSPS) is 21.2. The van der Waals surface area contributed by atoms with Gasteiger partial charge in [-0.2, -0.15) is 0 Å². The summed E-state index contributed by atoms with van der Waals surface area (Å²) in [6, 6.07) is 0. The Morgan fingerprint density at radius 1 is 1.15 bits per heavy atom. The second-order valence-electron chi connectivity index (χ2n) is 5.08. The molecule has 0 aromatic rings. The zero-order valence-electron chi connectivity index (χ0n) is 9.74. The van der Waals surface area contributed by atoms with Gasteiger partial charge in [0.2, 0.25) is 0 Å². The van der Waals surface area contributed by atoms with Gasteiger partial charge in [-0.1, -0.05) is 25.0 Å². The fourth-order valence-electron chi connectivity index (χ4n) is 1.76. The van der Waals surface area contributed by atoms with Crippen molar-refractivity contribution in [3.63, 3.8) is 0 Å². The van der Waals surface area contributed by atoms with Gasteiger partial charge in [-0.3, -0.25) is 0 Å². The van der Waals surface area contributed by atoms with Crippen molar-refractivity contribution < 1.29 is 0 Å². The summed E-state index contributed by atoms with van der Waals surface area (Å²) >= 11 is 0. The second-order valence-corrected chi connectivity index (χ2v) is 5.08. The van der Waals surface area contributed by atoms with E-state index in [-0.39, 0.29) is 0 Å². The highest BCUT2D eigenvalue weighted by Gasteiger charge is 2.35. The fourth-order valence-corrected chi connectivity index (χ4v) is 1.76. The largest absolute Gasteiger partial charge is 0.0747 e. The van der Waals surface area contributed by atoms with Crippen LogP contribution in [-0.2, 0) is 0 Å². The van der Waals surface area contributed by atoms with Crippen molar-refractivity contribution in [1.29, 1.82) is 0 Å². The molecule has 0 nitrogen and oxygen atoms in total. The Morgan fingerprint density at radius 3 is 2.23 bits per heavy atom. The Kier molecular flexibility index (Phi) is 3.58. The van der Waals surface area contributed by atoms with Crippen LogP contribution in [-0.4, -0.2) is 0 Å². The van der Waals surface area contributed by atoms with E-state index in [0.29, 0.717) is 0 Å². The van der Waals surface area contributed by atoms with E-state index >= 15 is 0 Å². The van der Waals surface area contributed by atoms with Crippen LogP contribution in [0.5, 0.6) is 0 Å². The Morgan fingerprint density at radius 2 is 1.77 bits per heavy atom. The SMILES string of the molecule is CCC(C)=C(C)CCCC1(C)CC1. The molecule has 1 fully saturated rings. The van der Waals surface area contributed by atoms with Crippen molar-refractivity contribution in [3.05, 3.63) is 11.1 Å². The molecule has 0 spiro atoms. The number of allylic oxidation sites excluding steroid dienone is 2. The lowest BCUT2D eigenvalue weighted by Gasteiger charge is -2.09. The first-order valence-corrected chi connectivity index (χ1v) is 5.72. The summed E-state index contributed by atoms with van der Waals surface area (Å²) in [7, 11) is 0. The molecule has 1 aliphatic carbocycles. The molecule has 0 aromatic heterocycles. The number of rotatable bonds is 5. The van der Waals surface area contributed by atoms with E-state index in [0.717, 1.165) is 5.41 Å². The van der Waals surface area contributed by atoms with Crippen LogP contribution >= 0.6 is 0 Å². The van der Waals surface area contributed by atoms with E-state index in [4.69, 9.17) is 0 Å². The van der Waals surface area contributed by atoms with Crippen molar-refractivity contribution in [1.82, 2.24) is 0 Å². The summed E-state index contributed by atoms with van der Waals surface area (Å²) in [5, 5.41) is 0. The average Bonchev–Trinajstić information content (AvgIpc) is 2.82. The lowest BCUT2D eigenvalue weighted by molar-refractivity contribution is 0.493. The standard InChI is InChI=1S/C13H24/c1-5-11(2)12(3)7-6-8-13(4)9-10-13/h5-10H2,1-4H3. The van der Waals surface area contributed by atoms with Gasteiger partial charge < -0.3 is 0 Å². The highest BCUT2D eigenvalue weighted by Crippen LogP contribution is 2.49. The molecule has 0 N–H and O–H groups in total.